The number of nitrogen functional groups attached to an aromatic ring is 2. The summed E-state index contributed by atoms with van der Waals surface area (Å²) in [5, 5.41) is 34.7. The van der Waals surface area contributed by atoms with Gasteiger partial charge in [-0.1, -0.05) is 0 Å². The van der Waals surface area contributed by atoms with Crippen molar-refractivity contribution in [2.45, 2.75) is 0 Å². The van der Waals surface area contributed by atoms with Crippen LogP contribution in [0, 0.1) is 4.77 Å². The number of rotatable bonds is 5. The average Bonchev–Trinajstić information content (AvgIpc) is 3.15. The summed E-state index contributed by atoms with van der Waals surface area (Å²) in [6.07, 6.45) is 1.35. The summed E-state index contributed by atoms with van der Waals surface area (Å²) >= 11 is 4.87. The van der Waals surface area contributed by atoms with Crippen LogP contribution in [0.25, 0.3) is 0 Å². The first-order valence-electron chi connectivity index (χ1n) is 6.59. The fourth-order valence-electron chi connectivity index (χ4n) is 1.62. The van der Waals surface area contributed by atoms with Gasteiger partial charge < -0.3 is 16.7 Å². The Kier molecular flexibility index (Phi) is 4.34. The maximum Gasteiger partial charge on any atom is 0.262 e. The average molecular weight is 361 g/mol. The Bertz CT molecular complexity index is 1000. The first kappa shape index (κ1) is 16.1. The van der Waals surface area contributed by atoms with E-state index in [0.29, 0.717) is 11.3 Å². The highest BCUT2D eigenvalue weighted by Gasteiger charge is 2.05. The molecular formula is C11H11N11O2S. The van der Waals surface area contributed by atoms with Gasteiger partial charge in [0.15, 0.2) is 0 Å². The fourth-order valence-corrected chi connectivity index (χ4v) is 1.75. The van der Waals surface area contributed by atoms with E-state index in [1.54, 1.807) is 6.07 Å². The predicted octanol–water partition coefficient (Wildman–Crippen LogP) is 1.19. The van der Waals surface area contributed by atoms with Crippen LogP contribution >= 0.6 is 12.2 Å². The third-order valence-corrected chi connectivity index (χ3v) is 3.13. The molecule has 7 N–H and O–H groups in total. The summed E-state index contributed by atoms with van der Waals surface area (Å²) in [7, 11) is 0. The summed E-state index contributed by atoms with van der Waals surface area (Å²) in [6.45, 7) is 0. The number of hydrogen-bond donors (Lipinski definition) is 5. The smallest absolute Gasteiger partial charge is 0.262 e. The maximum absolute atomic E-state index is 9.87. The lowest BCUT2D eigenvalue weighted by molar-refractivity contribution is 0.310. The molecule has 0 saturated heterocycles. The van der Waals surface area contributed by atoms with Gasteiger partial charge in [-0.3, -0.25) is 0 Å². The first-order valence-corrected chi connectivity index (χ1v) is 7.00. The van der Waals surface area contributed by atoms with Gasteiger partial charge in [0.25, 0.3) is 11.8 Å². The normalized spacial score (nSPS) is 11.5. The zero-order valence-electron chi connectivity index (χ0n) is 12.4. The van der Waals surface area contributed by atoms with E-state index >= 15 is 0 Å². The molecule has 0 fully saturated rings. The van der Waals surface area contributed by atoms with Gasteiger partial charge in [0, 0.05) is 5.56 Å². The molecule has 2 heterocycles. The van der Waals surface area contributed by atoms with Gasteiger partial charge in [0.2, 0.25) is 10.6 Å². The number of azo groups is 1. The second-order valence-electron chi connectivity index (χ2n) is 4.51. The lowest BCUT2D eigenvalue weighted by Gasteiger charge is -2.01. The molecule has 0 atom stereocenters. The van der Waals surface area contributed by atoms with Crippen LogP contribution in [-0.4, -0.2) is 36.5 Å². The lowest BCUT2D eigenvalue weighted by atomic mass is 10.2. The Labute approximate surface area is 144 Å². The van der Waals surface area contributed by atoms with Crippen molar-refractivity contribution < 1.29 is 9.74 Å². The molecule has 128 valence electrons. The van der Waals surface area contributed by atoms with E-state index in [1.165, 1.54) is 18.3 Å². The number of H-pyrrole nitrogens is 1. The molecule has 14 heteroatoms. The quantitative estimate of drug-likeness (QED) is 0.146. The van der Waals surface area contributed by atoms with E-state index < -0.39 is 0 Å². The highest BCUT2D eigenvalue weighted by Crippen LogP contribution is 2.24. The van der Waals surface area contributed by atoms with Crippen LogP contribution in [0.3, 0.4) is 0 Å². The number of phenols is 1. The monoisotopic (exact) mass is 361 g/mol. The van der Waals surface area contributed by atoms with Crippen molar-refractivity contribution in [1.82, 2.24) is 25.2 Å². The molecule has 0 aliphatic rings. The van der Waals surface area contributed by atoms with Gasteiger partial charge in [0.05, 0.1) is 11.9 Å². The van der Waals surface area contributed by atoms with Crippen LogP contribution in [-0.2, 0) is 0 Å². The fraction of sp³-hybridized carbons (Fsp3) is 0. The molecule has 3 rings (SSSR count). The second-order valence-corrected chi connectivity index (χ2v) is 4.90. The summed E-state index contributed by atoms with van der Waals surface area (Å²) < 4.78 is 5.74. The summed E-state index contributed by atoms with van der Waals surface area (Å²) in [5.41, 5.74) is 8.84. The lowest BCUT2D eigenvalue weighted by Crippen LogP contribution is -2.11. The number of hydrogen-bond acceptors (Lipinski definition) is 12. The predicted molar refractivity (Wildman–Crippen MR) is 89.8 cm³/mol. The molecular weight excluding hydrogens is 350 g/mol. The Morgan fingerprint density at radius 2 is 2.20 bits per heavy atom. The van der Waals surface area contributed by atoms with Gasteiger partial charge in [-0.2, -0.15) is 9.78 Å². The van der Waals surface area contributed by atoms with E-state index in [-0.39, 0.29) is 28.1 Å². The number of phenolic OH excluding ortho intramolecular Hbond substituents is 1. The molecule has 1 aromatic carbocycles. The highest BCUT2D eigenvalue weighted by atomic mass is 32.1. The van der Waals surface area contributed by atoms with Gasteiger partial charge >= 0.3 is 0 Å². The minimum absolute atomic E-state index is 0.0151. The second kappa shape index (κ2) is 6.75. The maximum atomic E-state index is 9.87. The molecule has 3 aromatic rings. The van der Waals surface area contributed by atoms with Crippen LogP contribution in [0.5, 0.6) is 5.75 Å². The van der Waals surface area contributed by atoms with Crippen molar-refractivity contribution in [3.05, 3.63) is 28.5 Å². The molecule has 0 bridgehead atoms. The van der Waals surface area contributed by atoms with Crippen LogP contribution in [0.4, 0.5) is 23.3 Å². The molecule has 0 aliphatic heterocycles. The van der Waals surface area contributed by atoms with Crippen LogP contribution in [0.1, 0.15) is 5.56 Å². The van der Waals surface area contributed by atoms with Crippen LogP contribution in [0.15, 0.2) is 38.2 Å². The third-order valence-electron chi connectivity index (χ3n) is 2.84. The number of aromatic nitrogens is 5. The number of nitrogens with two attached hydrogens (primary N) is 2. The third kappa shape index (κ3) is 3.58. The molecule has 0 unspecified atom stereocenters. The molecule has 0 radical (unpaired) electrons. The van der Waals surface area contributed by atoms with E-state index in [1.807, 2.05) is 0 Å². The Morgan fingerprint density at radius 1 is 1.36 bits per heavy atom. The Morgan fingerprint density at radius 3 is 2.88 bits per heavy atom. The van der Waals surface area contributed by atoms with Gasteiger partial charge in [-0.05, 0) is 40.7 Å². The standard InChI is InChI=1S/C11H11N11O2S/c12-8-9(21-24-20-8)16-15-6-1-2-7(23)5(3-6)4-14-17-10-18-19-11(25)22(10)13/h1-4,23H,13H2,(H2,12,20)(H,17,18)(H,19,25). The van der Waals surface area contributed by atoms with Gasteiger partial charge in [-0.25, -0.2) is 15.2 Å². The van der Waals surface area contributed by atoms with E-state index in [2.05, 4.69) is 45.9 Å². The number of nitrogens with zero attached hydrogens (tertiary/aromatic N) is 7. The zero-order valence-corrected chi connectivity index (χ0v) is 13.2. The van der Waals surface area contributed by atoms with E-state index in [0.717, 1.165) is 4.68 Å². The van der Waals surface area contributed by atoms with Crippen molar-refractivity contribution in [3.8, 4) is 5.75 Å². The van der Waals surface area contributed by atoms with Crippen LogP contribution < -0.4 is 17.0 Å². The van der Waals surface area contributed by atoms with Crippen molar-refractivity contribution in [2.24, 2.45) is 15.3 Å². The van der Waals surface area contributed by atoms with Crippen molar-refractivity contribution in [3.63, 3.8) is 0 Å². The molecule has 0 spiro atoms. The van der Waals surface area contributed by atoms with Gasteiger partial charge in [0.1, 0.15) is 5.75 Å². The molecule has 13 nitrogen and oxygen atoms in total. The Hall–Kier alpha value is -3.81. The molecule has 0 aliphatic carbocycles. The van der Waals surface area contributed by atoms with Gasteiger partial charge in [-0.15, -0.1) is 15.3 Å². The van der Waals surface area contributed by atoms with Crippen LogP contribution in [0.2, 0.25) is 0 Å². The van der Waals surface area contributed by atoms with Crippen molar-refractivity contribution in [2.75, 3.05) is 17.0 Å². The topological polar surface area (TPSA) is 194 Å². The summed E-state index contributed by atoms with van der Waals surface area (Å²) in [4.78, 5) is 0. The zero-order chi connectivity index (χ0) is 17.8. The minimum atomic E-state index is -0.0151. The molecule has 25 heavy (non-hydrogen) atoms. The SMILES string of the molecule is Nc1nonc1N=Nc1ccc(O)c(C=NNc2n[nH]c(=S)n2N)c1. The number of nitrogens with one attached hydrogen (secondary N) is 2. The molecule has 0 saturated carbocycles. The Balaban J connectivity index is 1.76. The molecule has 2 aromatic heterocycles. The first-order chi connectivity index (χ1) is 12.0. The van der Waals surface area contributed by atoms with E-state index in [9.17, 15) is 5.11 Å². The largest absolute Gasteiger partial charge is 0.507 e. The minimum Gasteiger partial charge on any atom is -0.507 e. The summed E-state index contributed by atoms with van der Waals surface area (Å²) in [5.74, 6) is 5.86. The number of aromatic amines is 1. The van der Waals surface area contributed by atoms with E-state index in [4.69, 9.17) is 23.8 Å². The number of benzene rings is 1. The van der Waals surface area contributed by atoms with Crippen molar-refractivity contribution in [1.29, 1.82) is 0 Å². The number of hydrazone groups is 1. The summed E-state index contributed by atoms with van der Waals surface area (Å²) in [6, 6.07) is 4.50. The number of anilines is 2. The van der Waals surface area contributed by atoms with Crippen molar-refractivity contribution >= 4 is 41.7 Å². The number of aromatic hydroxyl groups is 1. The molecule has 0 amide bonds. The highest BCUT2D eigenvalue weighted by molar-refractivity contribution is 7.71.